The van der Waals surface area contributed by atoms with Gasteiger partial charge in [0.1, 0.15) is 5.75 Å². The minimum Gasteiger partial charge on any atom is -0.481 e. The third-order valence-electron chi connectivity index (χ3n) is 5.76. The molecular formula is C23H28ClN3O5S. The highest BCUT2D eigenvalue weighted by atomic mass is 35.5. The first-order valence-corrected chi connectivity index (χ1v) is 12.9. The summed E-state index contributed by atoms with van der Waals surface area (Å²) in [5.74, 6) is 0.102. The van der Waals surface area contributed by atoms with Crippen LogP contribution >= 0.6 is 11.6 Å². The number of amides is 1. The molecule has 1 atom stereocenters. The van der Waals surface area contributed by atoms with E-state index in [0.29, 0.717) is 42.8 Å². The minimum atomic E-state index is -3.70. The molecule has 2 fully saturated rings. The highest BCUT2D eigenvalue weighted by Crippen LogP contribution is 2.33. The van der Waals surface area contributed by atoms with E-state index in [-0.39, 0.29) is 10.8 Å². The molecule has 0 unspecified atom stereocenters. The molecule has 1 N–H and O–H groups in total. The smallest absolute Gasteiger partial charge is 0.265 e. The normalized spacial score (nSPS) is 18.2. The van der Waals surface area contributed by atoms with Crippen molar-refractivity contribution in [2.75, 3.05) is 49.6 Å². The van der Waals surface area contributed by atoms with Crippen LogP contribution in [0.3, 0.4) is 0 Å². The Morgan fingerprint density at radius 3 is 2.52 bits per heavy atom. The third-order valence-corrected chi connectivity index (χ3v) is 7.89. The minimum absolute atomic E-state index is 0.144. The molecule has 8 nitrogen and oxygen atoms in total. The number of carbonyl (C=O) groups excluding carboxylic acids is 1. The van der Waals surface area contributed by atoms with Crippen LogP contribution in [0.4, 0.5) is 11.4 Å². The molecule has 0 bridgehead atoms. The molecule has 1 amide bonds. The molecule has 2 saturated heterocycles. The van der Waals surface area contributed by atoms with Crippen molar-refractivity contribution in [3.8, 4) is 5.75 Å². The first kappa shape index (κ1) is 23.8. The van der Waals surface area contributed by atoms with Gasteiger partial charge in [-0.2, -0.15) is 4.31 Å². The van der Waals surface area contributed by atoms with E-state index in [4.69, 9.17) is 21.1 Å². The number of morpholine rings is 1. The predicted octanol–water partition coefficient (Wildman–Crippen LogP) is 3.37. The van der Waals surface area contributed by atoms with Gasteiger partial charge in [0.25, 0.3) is 5.91 Å². The summed E-state index contributed by atoms with van der Waals surface area (Å²) < 4.78 is 38.8. The SMILES string of the molecule is C[C@@H](Oc1cccc(Cl)c1)C(=O)Nc1cc(S(=O)(=O)N2CCOCC2)ccc1N1CCCC1. The Labute approximate surface area is 199 Å². The van der Waals surface area contributed by atoms with Crippen LogP contribution in [0.5, 0.6) is 5.75 Å². The molecule has 2 aliphatic rings. The summed E-state index contributed by atoms with van der Waals surface area (Å²) in [6.45, 7) is 4.70. The summed E-state index contributed by atoms with van der Waals surface area (Å²) in [6.07, 6.45) is 1.29. The zero-order valence-corrected chi connectivity index (χ0v) is 20.1. The zero-order valence-electron chi connectivity index (χ0n) is 18.5. The molecule has 0 aromatic heterocycles. The third kappa shape index (κ3) is 5.60. The first-order valence-electron chi connectivity index (χ1n) is 11.0. The number of ether oxygens (including phenoxy) is 2. The van der Waals surface area contributed by atoms with Crippen molar-refractivity contribution in [1.29, 1.82) is 0 Å². The summed E-state index contributed by atoms with van der Waals surface area (Å²) in [6, 6.07) is 11.8. The van der Waals surface area contributed by atoms with Crippen LogP contribution < -0.4 is 15.0 Å². The molecular weight excluding hydrogens is 466 g/mol. The summed E-state index contributed by atoms with van der Waals surface area (Å²) >= 11 is 6.00. The van der Waals surface area contributed by atoms with E-state index in [1.54, 1.807) is 49.4 Å². The number of sulfonamides is 1. The van der Waals surface area contributed by atoms with Gasteiger partial charge in [0, 0.05) is 31.2 Å². The summed E-state index contributed by atoms with van der Waals surface area (Å²) in [5.41, 5.74) is 1.26. The largest absolute Gasteiger partial charge is 0.481 e. The van der Waals surface area contributed by atoms with Crippen LogP contribution in [0, 0.1) is 0 Å². The summed E-state index contributed by atoms with van der Waals surface area (Å²) in [7, 11) is -3.70. The number of rotatable bonds is 7. The molecule has 0 saturated carbocycles. The van der Waals surface area contributed by atoms with Gasteiger partial charge in [-0.05, 0) is 56.2 Å². The lowest BCUT2D eigenvalue weighted by atomic mass is 10.2. The fourth-order valence-corrected chi connectivity index (χ4v) is 5.59. The van der Waals surface area contributed by atoms with Gasteiger partial charge in [-0.25, -0.2) is 8.42 Å². The van der Waals surface area contributed by atoms with Gasteiger partial charge in [0.2, 0.25) is 10.0 Å². The van der Waals surface area contributed by atoms with Crippen LogP contribution in [0.2, 0.25) is 5.02 Å². The molecule has 10 heteroatoms. The van der Waals surface area contributed by atoms with Gasteiger partial charge in [0.15, 0.2) is 6.10 Å². The fourth-order valence-electron chi connectivity index (χ4n) is 3.98. The fraction of sp³-hybridized carbons (Fsp3) is 0.435. The number of carbonyl (C=O) groups is 1. The molecule has 2 aromatic carbocycles. The van der Waals surface area contributed by atoms with E-state index >= 15 is 0 Å². The van der Waals surface area contributed by atoms with Gasteiger partial charge < -0.3 is 19.7 Å². The molecule has 0 radical (unpaired) electrons. The Morgan fingerprint density at radius 1 is 1.09 bits per heavy atom. The molecule has 2 heterocycles. The number of hydrogen-bond donors (Lipinski definition) is 1. The van der Waals surface area contributed by atoms with E-state index in [2.05, 4.69) is 10.2 Å². The van der Waals surface area contributed by atoms with Crippen LogP contribution in [0.1, 0.15) is 19.8 Å². The average Bonchev–Trinajstić information content (AvgIpc) is 3.34. The zero-order chi connectivity index (χ0) is 23.4. The van der Waals surface area contributed by atoms with Crippen molar-refractivity contribution in [3.63, 3.8) is 0 Å². The van der Waals surface area contributed by atoms with Gasteiger partial charge in [-0.1, -0.05) is 17.7 Å². The number of halogens is 1. The lowest BCUT2D eigenvalue weighted by molar-refractivity contribution is -0.122. The van der Waals surface area contributed by atoms with Crippen molar-refractivity contribution in [1.82, 2.24) is 4.31 Å². The number of hydrogen-bond acceptors (Lipinski definition) is 6. The van der Waals surface area contributed by atoms with Crippen molar-refractivity contribution in [2.45, 2.75) is 30.8 Å². The predicted molar refractivity (Wildman–Crippen MR) is 128 cm³/mol. The second-order valence-corrected chi connectivity index (χ2v) is 10.5. The van der Waals surface area contributed by atoms with Crippen molar-refractivity contribution in [3.05, 3.63) is 47.5 Å². The van der Waals surface area contributed by atoms with E-state index in [0.717, 1.165) is 31.6 Å². The molecule has 178 valence electrons. The van der Waals surface area contributed by atoms with Crippen LogP contribution in [-0.4, -0.2) is 64.1 Å². The molecule has 4 rings (SSSR count). The number of nitrogens with one attached hydrogen (secondary N) is 1. The molecule has 0 spiro atoms. The van der Waals surface area contributed by atoms with Crippen molar-refractivity contribution in [2.24, 2.45) is 0 Å². The van der Waals surface area contributed by atoms with Crippen LogP contribution in [0.15, 0.2) is 47.4 Å². The average molecular weight is 494 g/mol. The van der Waals surface area contributed by atoms with Crippen LogP contribution in [-0.2, 0) is 19.6 Å². The summed E-state index contributed by atoms with van der Waals surface area (Å²) in [4.78, 5) is 15.3. The maximum atomic E-state index is 13.2. The second kappa shape index (κ2) is 10.3. The van der Waals surface area contributed by atoms with Gasteiger partial charge in [-0.15, -0.1) is 0 Å². The Morgan fingerprint density at radius 2 is 1.82 bits per heavy atom. The lowest BCUT2D eigenvalue weighted by Gasteiger charge is -2.27. The highest BCUT2D eigenvalue weighted by molar-refractivity contribution is 7.89. The first-order chi connectivity index (χ1) is 15.8. The van der Waals surface area contributed by atoms with Gasteiger partial charge in [-0.3, -0.25) is 4.79 Å². The van der Waals surface area contributed by atoms with Crippen LogP contribution in [0.25, 0.3) is 0 Å². The van der Waals surface area contributed by atoms with Crippen molar-refractivity contribution < 1.29 is 22.7 Å². The van der Waals surface area contributed by atoms with Gasteiger partial charge >= 0.3 is 0 Å². The number of anilines is 2. The highest BCUT2D eigenvalue weighted by Gasteiger charge is 2.28. The molecule has 2 aromatic rings. The maximum absolute atomic E-state index is 13.2. The Balaban J connectivity index is 1.58. The Kier molecular flexibility index (Phi) is 7.43. The monoisotopic (exact) mass is 493 g/mol. The van der Waals surface area contributed by atoms with E-state index < -0.39 is 16.1 Å². The topological polar surface area (TPSA) is 88.2 Å². The maximum Gasteiger partial charge on any atom is 0.265 e. The molecule has 33 heavy (non-hydrogen) atoms. The number of nitrogens with zero attached hydrogens (tertiary/aromatic N) is 2. The second-order valence-electron chi connectivity index (χ2n) is 8.10. The van der Waals surface area contributed by atoms with E-state index in [1.807, 2.05) is 0 Å². The van der Waals surface area contributed by atoms with Crippen molar-refractivity contribution >= 4 is 38.9 Å². The Hall–Kier alpha value is -2.33. The quantitative estimate of drug-likeness (QED) is 0.636. The van der Waals surface area contributed by atoms with Gasteiger partial charge in [0.05, 0.1) is 29.5 Å². The molecule has 2 aliphatic heterocycles. The summed E-state index contributed by atoms with van der Waals surface area (Å²) in [5, 5.41) is 3.40. The van der Waals surface area contributed by atoms with E-state index in [9.17, 15) is 13.2 Å². The number of benzene rings is 2. The lowest BCUT2D eigenvalue weighted by Crippen LogP contribution is -2.40. The Bertz CT molecular complexity index is 1100. The standard InChI is InChI=1S/C23H28ClN3O5S/c1-17(32-19-6-4-5-18(24)15-19)23(28)25-21-16-20(7-8-22(21)26-9-2-3-10-26)33(29,30)27-11-13-31-14-12-27/h4-8,15-17H,2-3,9-14H2,1H3,(H,25,28)/t17-/m1/s1. The molecule has 0 aliphatic carbocycles. The van der Waals surface area contributed by atoms with E-state index in [1.165, 1.54) is 4.31 Å².